The molecule has 1 aliphatic heterocycles. The van der Waals surface area contributed by atoms with Gasteiger partial charge in [0, 0.05) is 12.8 Å². The summed E-state index contributed by atoms with van der Waals surface area (Å²) in [7, 11) is -4.77. The number of carbonyl (C=O) groups excluding carboxylic acids is 2. The standard InChI is InChI=1S/C44H79O9P/c1-4-6-27-33-41-42(53-41)34-29-24-20-16-13-14-18-22-26-31-36-44(46)52-40(38-51-54(47,48)49)37-50-43(45)35-30-25-21-17-12-10-8-7-9-11-15-19-23-28-32-39(3)5-2/h13,16,18,22,24,29,39-42H,4-12,14-15,17,19-21,23,25-28,30-38H2,1-3H3,(H2,47,48,49)/b16-13-,22-18-,29-24-/t39?,40-,41?,42?/m1/s1. The molecule has 0 aliphatic carbocycles. The van der Waals surface area contributed by atoms with Crippen LogP contribution in [0.3, 0.4) is 0 Å². The summed E-state index contributed by atoms with van der Waals surface area (Å²) in [6, 6.07) is 0. The van der Waals surface area contributed by atoms with Crippen LogP contribution >= 0.6 is 7.82 Å². The van der Waals surface area contributed by atoms with Crippen molar-refractivity contribution in [1.29, 1.82) is 0 Å². The van der Waals surface area contributed by atoms with Crippen LogP contribution in [0.2, 0.25) is 0 Å². The fourth-order valence-corrected chi connectivity index (χ4v) is 6.74. The second-order valence-electron chi connectivity index (χ2n) is 15.3. The van der Waals surface area contributed by atoms with E-state index in [1.54, 1.807) is 0 Å². The first-order chi connectivity index (χ1) is 26.1. The number of hydrogen-bond donors (Lipinski definition) is 2. The number of rotatable bonds is 38. The van der Waals surface area contributed by atoms with Crippen molar-refractivity contribution < 1.29 is 42.7 Å². The normalized spacial score (nSPS) is 17.1. The molecule has 1 rings (SSSR count). The Morgan fingerprint density at radius 2 is 1.22 bits per heavy atom. The molecule has 54 heavy (non-hydrogen) atoms. The molecular formula is C44H79O9P. The van der Waals surface area contributed by atoms with Crippen LogP contribution in [-0.2, 0) is 32.9 Å². The summed E-state index contributed by atoms with van der Waals surface area (Å²) in [6.45, 7) is 5.99. The minimum absolute atomic E-state index is 0.133. The number of allylic oxidation sites excluding steroid dienone is 5. The average Bonchev–Trinajstić information content (AvgIpc) is 3.90. The summed E-state index contributed by atoms with van der Waals surface area (Å²) in [5.74, 6) is -0.0704. The highest BCUT2D eigenvalue weighted by Crippen LogP contribution is 2.36. The van der Waals surface area contributed by atoms with Crippen molar-refractivity contribution in [2.75, 3.05) is 13.2 Å². The lowest BCUT2D eigenvalue weighted by Gasteiger charge is -2.18. The van der Waals surface area contributed by atoms with Crippen molar-refractivity contribution >= 4 is 19.8 Å². The Labute approximate surface area is 329 Å². The third-order valence-corrected chi connectivity index (χ3v) is 10.6. The van der Waals surface area contributed by atoms with E-state index < -0.39 is 32.5 Å². The van der Waals surface area contributed by atoms with Gasteiger partial charge in [0.05, 0.1) is 18.8 Å². The molecule has 0 aromatic carbocycles. The topological polar surface area (TPSA) is 132 Å². The second-order valence-corrected chi connectivity index (χ2v) is 16.5. The molecule has 0 radical (unpaired) electrons. The van der Waals surface area contributed by atoms with E-state index in [-0.39, 0.29) is 19.4 Å². The largest absolute Gasteiger partial charge is 0.469 e. The van der Waals surface area contributed by atoms with Gasteiger partial charge in [-0.3, -0.25) is 14.1 Å². The molecule has 0 aromatic rings. The van der Waals surface area contributed by atoms with E-state index in [9.17, 15) is 14.2 Å². The minimum atomic E-state index is -4.77. The van der Waals surface area contributed by atoms with E-state index in [1.807, 2.05) is 6.08 Å². The molecule has 10 heteroatoms. The Balaban J connectivity index is 2.07. The highest BCUT2D eigenvalue weighted by atomic mass is 31.2. The predicted octanol–water partition coefficient (Wildman–Crippen LogP) is 12.2. The number of epoxide rings is 1. The van der Waals surface area contributed by atoms with Crippen LogP contribution in [-0.4, -0.2) is 53.3 Å². The molecule has 2 N–H and O–H groups in total. The quantitative estimate of drug-likeness (QED) is 0.0206. The molecule has 314 valence electrons. The molecular weight excluding hydrogens is 703 g/mol. The number of phosphoric acid groups is 1. The lowest BCUT2D eigenvalue weighted by Crippen LogP contribution is -2.29. The van der Waals surface area contributed by atoms with Gasteiger partial charge in [0.2, 0.25) is 0 Å². The van der Waals surface area contributed by atoms with Crippen LogP contribution < -0.4 is 0 Å². The molecule has 1 fully saturated rings. The van der Waals surface area contributed by atoms with Crippen LogP contribution in [0.15, 0.2) is 36.5 Å². The number of unbranched alkanes of at least 4 members (excludes halogenated alkanes) is 16. The van der Waals surface area contributed by atoms with Gasteiger partial charge in [-0.2, -0.15) is 0 Å². The molecule has 0 aromatic heterocycles. The monoisotopic (exact) mass is 783 g/mol. The van der Waals surface area contributed by atoms with E-state index in [2.05, 4.69) is 55.7 Å². The van der Waals surface area contributed by atoms with Gasteiger partial charge in [-0.15, -0.1) is 0 Å². The molecule has 0 bridgehead atoms. The van der Waals surface area contributed by atoms with Gasteiger partial charge in [-0.25, -0.2) is 4.57 Å². The van der Waals surface area contributed by atoms with E-state index >= 15 is 0 Å². The smallest absolute Gasteiger partial charge is 0.462 e. The molecule has 1 heterocycles. The van der Waals surface area contributed by atoms with E-state index in [0.29, 0.717) is 25.0 Å². The summed E-state index contributed by atoms with van der Waals surface area (Å²) in [5.41, 5.74) is 0. The Kier molecular flexibility index (Phi) is 32.1. The van der Waals surface area contributed by atoms with Crippen LogP contribution in [0.5, 0.6) is 0 Å². The lowest BCUT2D eigenvalue weighted by atomic mass is 9.99. The van der Waals surface area contributed by atoms with Gasteiger partial charge in [-0.05, 0) is 50.9 Å². The lowest BCUT2D eigenvalue weighted by molar-refractivity contribution is -0.161. The minimum Gasteiger partial charge on any atom is -0.462 e. The number of esters is 2. The highest BCUT2D eigenvalue weighted by molar-refractivity contribution is 7.46. The zero-order valence-corrected chi connectivity index (χ0v) is 35.4. The predicted molar refractivity (Wildman–Crippen MR) is 220 cm³/mol. The third-order valence-electron chi connectivity index (χ3n) is 10.1. The number of carbonyl (C=O) groups is 2. The van der Waals surface area contributed by atoms with E-state index in [4.69, 9.17) is 24.0 Å². The molecule has 3 unspecified atom stereocenters. The first kappa shape index (κ1) is 50.2. The maximum atomic E-state index is 12.4. The molecule has 1 aliphatic rings. The number of phosphoric ester groups is 1. The van der Waals surface area contributed by atoms with Crippen LogP contribution in [0.1, 0.15) is 194 Å². The van der Waals surface area contributed by atoms with Gasteiger partial charge in [0.1, 0.15) is 6.61 Å². The van der Waals surface area contributed by atoms with Crippen molar-refractivity contribution in [3.05, 3.63) is 36.5 Å². The summed E-state index contributed by atoms with van der Waals surface area (Å²) in [4.78, 5) is 42.9. The molecule has 1 saturated heterocycles. The highest BCUT2D eigenvalue weighted by Gasteiger charge is 2.36. The van der Waals surface area contributed by atoms with E-state index in [0.717, 1.165) is 44.4 Å². The van der Waals surface area contributed by atoms with Crippen LogP contribution in [0.25, 0.3) is 0 Å². The SMILES string of the molecule is CCCCCC1OC1C/C=C\C/C=C\C/C=C\CCCC(=O)O[C@H](COC(=O)CCCCCCCCCCCCCCCCC(C)CC)COP(=O)(O)O. The van der Waals surface area contributed by atoms with Crippen molar-refractivity contribution in [2.24, 2.45) is 5.92 Å². The summed E-state index contributed by atoms with van der Waals surface area (Å²) >= 11 is 0. The van der Waals surface area contributed by atoms with Gasteiger partial charge < -0.3 is 24.0 Å². The van der Waals surface area contributed by atoms with Crippen molar-refractivity contribution in [1.82, 2.24) is 0 Å². The Hall–Kier alpha value is -1.77. The molecule has 0 spiro atoms. The molecule has 0 saturated carbocycles. The van der Waals surface area contributed by atoms with Crippen molar-refractivity contribution in [2.45, 2.75) is 212 Å². The van der Waals surface area contributed by atoms with Gasteiger partial charge in [0.15, 0.2) is 6.10 Å². The van der Waals surface area contributed by atoms with Crippen molar-refractivity contribution in [3.8, 4) is 0 Å². The first-order valence-corrected chi connectivity index (χ1v) is 23.3. The van der Waals surface area contributed by atoms with Gasteiger partial charge in [0.25, 0.3) is 0 Å². The van der Waals surface area contributed by atoms with Crippen LogP contribution in [0.4, 0.5) is 0 Å². The number of ether oxygens (including phenoxy) is 3. The second kappa shape index (κ2) is 34.5. The van der Waals surface area contributed by atoms with E-state index in [1.165, 1.54) is 109 Å². The average molecular weight is 783 g/mol. The zero-order chi connectivity index (χ0) is 39.5. The summed E-state index contributed by atoms with van der Waals surface area (Å²) in [5, 5.41) is 0. The third kappa shape index (κ3) is 33.6. The Morgan fingerprint density at radius 1 is 0.667 bits per heavy atom. The maximum absolute atomic E-state index is 12.4. The molecule has 9 nitrogen and oxygen atoms in total. The van der Waals surface area contributed by atoms with Crippen LogP contribution in [0, 0.1) is 5.92 Å². The van der Waals surface area contributed by atoms with Gasteiger partial charge >= 0.3 is 19.8 Å². The molecule has 0 amide bonds. The first-order valence-electron chi connectivity index (χ1n) is 21.8. The fraction of sp³-hybridized carbons (Fsp3) is 0.818. The number of hydrogen-bond acceptors (Lipinski definition) is 7. The zero-order valence-electron chi connectivity index (χ0n) is 34.5. The Bertz CT molecular complexity index is 1050. The summed E-state index contributed by atoms with van der Waals surface area (Å²) < 4.78 is 32.1. The Morgan fingerprint density at radius 3 is 1.81 bits per heavy atom. The molecule has 4 atom stereocenters. The fourth-order valence-electron chi connectivity index (χ4n) is 6.38. The maximum Gasteiger partial charge on any atom is 0.469 e. The van der Waals surface area contributed by atoms with Crippen molar-refractivity contribution in [3.63, 3.8) is 0 Å². The summed E-state index contributed by atoms with van der Waals surface area (Å²) in [6.07, 6.45) is 41.9. The van der Waals surface area contributed by atoms with Gasteiger partial charge in [-0.1, -0.05) is 173 Å².